The van der Waals surface area contributed by atoms with Crippen LogP contribution >= 0.6 is 0 Å². The van der Waals surface area contributed by atoms with Crippen molar-refractivity contribution in [1.29, 1.82) is 0 Å². The van der Waals surface area contributed by atoms with E-state index in [1.165, 1.54) is 6.92 Å². The lowest BCUT2D eigenvalue weighted by Gasteiger charge is -2.14. The normalized spacial score (nSPS) is 11.6. The Bertz CT molecular complexity index is 241. The van der Waals surface area contributed by atoms with E-state index in [-0.39, 0.29) is 18.7 Å². The maximum absolute atomic E-state index is 11.1. The summed E-state index contributed by atoms with van der Waals surface area (Å²) in [5.41, 5.74) is 6.79. The molecule has 7 heteroatoms. The maximum atomic E-state index is 11.1. The number of carbonyl (C=O) groups excluding carboxylic acids is 3. The average molecular weight is 202 g/mol. The quantitative estimate of drug-likeness (QED) is 0.228. The van der Waals surface area contributed by atoms with Crippen LogP contribution in [0.2, 0.25) is 0 Å². The van der Waals surface area contributed by atoms with Gasteiger partial charge in [0, 0.05) is 13.3 Å². The van der Waals surface area contributed by atoms with Crippen LogP contribution in [0.5, 0.6) is 0 Å². The molecular weight excluding hydrogens is 188 g/mol. The van der Waals surface area contributed by atoms with E-state index in [1.807, 2.05) is 5.43 Å². The molecule has 0 radical (unpaired) electrons. The Morgan fingerprint density at radius 3 is 2.29 bits per heavy atom. The summed E-state index contributed by atoms with van der Waals surface area (Å²) in [4.78, 5) is 32.2. The largest absolute Gasteiger partial charge is 0.370 e. The van der Waals surface area contributed by atoms with Crippen molar-refractivity contribution in [2.45, 2.75) is 25.8 Å². The van der Waals surface area contributed by atoms with Crippen LogP contribution in [0.15, 0.2) is 0 Å². The van der Waals surface area contributed by atoms with E-state index in [4.69, 9.17) is 11.6 Å². The highest BCUT2D eigenvalue weighted by Crippen LogP contribution is 1.96. The molecule has 7 nitrogen and oxygen atoms in total. The van der Waals surface area contributed by atoms with Crippen molar-refractivity contribution in [2.75, 3.05) is 0 Å². The molecule has 0 saturated carbocycles. The summed E-state index contributed by atoms with van der Waals surface area (Å²) < 4.78 is 0. The van der Waals surface area contributed by atoms with Gasteiger partial charge < -0.3 is 11.1 Å². The molecule has 0 spiro atoms. The number of amides is 3. The fourth-order valence-corrected chi connectivity index (χ4v) is 0.901. The van der Waals surface area contributed by atoms with Gasteiger partial charge in [-0.2, -0.15) is 0 Å². The van der Waals surface area contributed by atoms with Gasteiger partial charge in [0.15, 0.2) is 0 Å². The molecule has 0 unspecified atom stereocenters. The molecule has 0 rings (SSSR count). The van der Waals surface area contributed by atoms with Crippen molar-refractivity contribution >= 4 is 17.7 Å². The van der Waals surface area contributed by atoms with E-state index in [0.717, 1.165) is 0 Å². The molecule has 0 aliphatic carbocycles. The zero-order chi connectivity index (χ0) is 11.1. The highest BCUT2D eigenvalue weighted by atomic mass is 16.2. The lowest BCUT2D eigenvalue weighted by Crippen LogP contribution is -2.48. The number of hydrogen-bond donors (Lipinski definition) is 4. The Morgan fingerprint density at radius 1 is 1.36 bits per heavy atom. The molecule has 1 atom stereocenters. The second kappa shape index (κ2) is 5.92. The Balaban J connectivity index is 4.17. The molecule has 14 heavy (non-hydrogen) atoms. The van der Waals surface area contributed by atoms with Crippen molar-refractivity contribution in [3.63, 3.8) is 0 Å². The molecule has 0 aromatic carbocycles. The first-order chi connectivity index (χ1) is 6.47. The van der Waals surface area contributed by atoms with Crippen LogP contribution in [0.3, 0.4) is 0 Å². The standard InChI is InChI=1S/C7H14N4O3/c1-4(12)10-5(7(14)11-9)2-3-6(8)13/h5H,2-3,9H2,1H3,(H2,8,13)(H,10,12)(H,11,14)/t5-/m0/s1. The lowest BCUT2D eigenvalue weighted by molar-refractivity contribution is -0.128. The van der Waals surface area contributed by atoms with Crippen LogP contribution in [-0.2, 0) is 14.4 Å². The van der Waals surface area contributed by atoms with Crippen LogP contribution in [-0.4, -0.2) is 23.8 Å². The first-order valence-corrected chi connectivity index (χ1v) is 4.03. The van der Waals surface area contributed by atoms with E-state index in [9.17, 15) is 14.4 Å². The highest BCUT2D eigenvalue weighted by molar-refractivity contribution is 5.87. The van der Waals surface area contributed by atoms with Gasteiger partial charge in [-0.3, -0.25) is 19.8 Å². The molecule has 0 aliphatic rings. The fraction of sp³-hybridized carbons (Fsp3) is 0.571. The third kappa shape index (κ3) is 5.09. The monoisotopic (exact) mass is 202 g/mol. The molecule has 0 aromatic rings. The third-order valence-corrected chi connectivity index (χ3v) is 1.52. The van der Waals surface area contributed by atoms with Gasteiger partial charge in [0.25, 0.3) is 5.91 Å². The lowest BCUT2D eigenvalue weighted by atomic mass is 10.1. The highest BCUT2D eigenvalue weighted by Gasteiger charge is 2.18. The Kier molecular flexibility index (Phi) is 5.23. The Morgan fingerprint density at radius 2 is 1.93 bits per heavy atom. The van der Waals surface area contributed by atoms with Gasteiger partial charge in [-0.15, -0.1) is 0 Å². The molecule has 6 N–H and O–H groups in total. The van der Waals surface area contributed by atoms with E-state index < -0.39 is 17.9 Å². The van der Waals surface area contributed by atoms with Gasteiger partial charge in [-0.1, -0.05) is 0 Å². The van der Waals surface area contributed by atoms with Gasteiger partial charge in [0.05, 0.1) is 0 Å². The van der Waals surface area contributed by atoms with E-state index in [0.29, 0.717) is 0 Å². The molecule has 0 fully saturated rings. The maximum Gasteiger partial charge on any atom is 0.256 e. The number of primary amides is 1. The number of nitrogens with one attached hydrogen (secondary N) is 2. The predicted octanol–water partition coefficient (Wildman–Crippen LogP) is -2.25. The van der Waals surface area contributed by atoms with E-state index in [1.54, 1.807) is 0 Å². The average Bonchev–Trinajstić information content (AvgIpc) is 2.10. The number of carbonyl (C=O) groups is 3. The molecule has 80 valence electrons. The van der Waals surface area contributed by atoms with Gasteiger partial charge >= 0.3 is 0 Å². The molecule has 0 heterocycles. The minimum Gasteiger partial charge on any atom is -0.370 e. The van der Waals surface area contributed by atoms with Crippen LogP contribution in [0.4, 0.5) is 0 Å². The Labute approximate surface area is 81.2 Å². The number of rotatable bonds is 5. The summed E-state index contributed by atoms with van der Waals surface area (Å²) in [6.07, 6.45) is 0.149. The van der Waals surface area contributed by atoms with Crippen molar-refractivity contribution < 1.29 is 14.4 Å². The van der Waals surface area contributed by atoms with Crippen molar-refractivity contribution in [3.8, 4) is 0 Å². The zero-order valence-corrected chi connectivity index (χ0v) is 7.87. The molecule has 0 aromatic heterocycles. The SMILES string of the molecule is CC(=O)N[C@@H](CCC(N)=O)C(=O)NN. The number of hydrazine groups is 1. The smallest absolute Gasteiger partial charge is 0.256 e. The van der Waals surface area contributed by atoms with Crippen LogP contribution in [0, 0.1) is 0 Å². The van der Waals surface area contributed by atoms with Crippen molar-refractivity contribution in [1.82, 2.24) is 10.7 Å². The second-order valence-electron chi connectivity index (χ2n) is 2.77. The molecule has 0 aliphatic heterocycles. The van der Waals surface area contributed by atoms with Crippen molar-refractivity contribution in [2.24, 2.45) is 11.6 Å². The number of hydrogen-bond acceptors (Lipinski definition) is 4. The summed E-state index contributed by atoms with van der Waals surface area (Å²) in [5, 5.41) is 2.35. The minimum atomic E-state index is -0.815. The van der Waals surface area contributed by atoms with Crippen LogP contribution in [0.1, 0.15) is 19.8 Å². The molecule has 3 amide bonds. The second-order valence-corrected chi connectivity index (χ2v) is 2.77. The zero-order valence-electron chi connectivity index (χ0n) is 7.87. The first kappa shape index (κ1) is 12.4. The summed E-state index contributed by atoms with van der Waals surface area (Å²) in [6.45, 7) is 1.26. The summed E-state index contributed by atoms with van der Waals surface area (Å²) in [6, 6.07) is -0.815. The van der Waals surface area contributed by atoms with Gasteiger partial charge in [0.1, 0.15) is 6.04 Å². The van der Waals surface area contributed by atoms with E-state index in [2.05, 4.69) is 5.32 Å². The van der Waals surface area contributed by atoms with Gasteiger partial charge in [-0.25, -0.2) is 5.84 Å². The summed E-state index contributed by atoms with van der Waals surface area (Å²) in [5.74, 6) is 3.42. The molecule has 0 saturated heterocycles. The van der Waals surface area contributed by atoms with Crippen LogP contribution < -0.4 is 22.3 Å². The third-order valence-electron chi connectivity index (χ3n) is 1.52. The summed E-state index contributed by atoms with van der Waals surface area (Å²) in [7, 11) is 0. The topological polar surface area (TPSA) is 127 Å². The van der Waals surface area contributed by atoms with Crippen molar-refractivity contribution in [3.05, 3.63) is 0 Å². The van der Waals surface area contributed by atoms with Gasteiger partial charge in [0.2, 0.25) is 11.8 Å². The minimum absolute atomic E-state index is 0.0123. The first-order valence-electron chi connectivity index (χ1n) is 4.03. The van der Waals surface area contributed by atoms with Gasteiger partial charge in [-0.05, 0) is 6.42 Å². The Hall–Kier alpha value is -1.63. The van der Waals surface area contributed by atoms with Crippen LogP contribution in [0.25, 0.3) is 0 Å². The molecular formula is C7H14N4O3. The van der Waals surface area contributed by atoms with E-state index >= 15 is 0 Å². The number of nitrogens with two attached hydrogens (primary N) is 2. The molecule has 0 bridgehead atoms. The summed E-state index contributed by atoms with van der Waals surface area (Å²) >= 11 is 0. The fourth-order valence-electron chi connectivity index (χ4n) is 0.901. The predicted molar refractivity (Wildman–Crippen MR) is 48.4 cm³/mol.